The van der Waals surface area contributed by atoms with Crippen LogP contribution in [0.1, 0.15) is 104 Å². The summed E-state index contributed by atoms with van der Waals surface area (Å²) in [5, 5.41) is 0. The van der Waals surface area contributed by atoms with Crippen LogP contribution in [-0.4, -0.2) is 24.4 Å². The first kappa shape index (κ1) is 20.5. The minimum absolute atomic E-state index is 0.959. The molecule has 0 saturated carbocycles. The van der Waals surface area contributed by atoms with Gasteiger partial charge in [0.25, 0.3) is 0 Å². The van der Waals surface area contributed by atoms with Crippen LogP contribution >= 0.6 is 0 Å². The molecular formula is C19H39NO. The first-order chi connectivity index (χ1) is 10.3. The molecule has 0 aliphatic carbocycles. The molecule has 0 N–H and O–H groups in total. The van der Waals surface area contributed by atoms with Crippen molar-refractivity contribution in [3.8, 4) is 0 Å². The van der Waals surface area contributed by atoms with E-state index in [1.807, 2.05) is 4.90 Å². The van der Waals surface area contributed by atoms with Gasteiger partial charge in [-0.3, -0.25) is 4.79 Å². The van der Waals surface area contributed by atoms with Crippen molar-refractivity contribution in [2.45, 2.75) is 104 Å². The van der Waals surface area contributed by atoms with E-state index >= 15 is 0 Å². The second-order valence-electron chi connectivity index (χ2n) is 6.38. The van der Waals surface area contributed by atoms with Crippen LogP contribution in [0.2, 0.25) is 0 Å². The zero-order chi connectivity index (χ0) is 15.6. The van der Waals surface area contributed by atoms with E-state index in [0.29, 0.717) is 0 Å². The number of hydrogen-bond donors (Lipinski definition) is 0. The lowest BCUT2D eigenvalue weighted by molar-refractivity contribution is -0.118. The molecule has 0 bridgehead atoms. The average Bonchev–Trinajstić information content (AvgIpc) is 2.51. The van der Waals surface area contributed by atoms with Crippen LogP contribution in [0.5, 0.6) is 0 Å². The normalized spacial score (nSPS) is 10.8. The Labute approximate surface area is 133 Å². The fourth-order valence-electron chi connectivity index (χ4n) is 2.76. The summed E-state index contributed by atoms with van der Waals surface area (Å²) in [7, 11) is 0. The van der Waals surface area contributed by atoms with Crippen molar-refractivity contribution < 1.29 is 4.79 Å². The summed E-state index contributed by atoms with van der Waals surface area (Å²) in [6.07, 6.45) is 19.6. The summed E-state index contributed by atoms with van der Waals surface area (Å²) < 4.78 is 0. The smallest absolute Gasteiger partial charge is 0.209 e. The topological polar surface area (TPSA) is 20.3 Å². The maximum absolute atomic E-state index is 11.0. The van der Waals surface area contributed by atoms with Crippen molar-refractivity contribution >= 4 is 6.41 Å². The summed E-state index contributed by atoms with van der Waals surface area (Å²) >= 11 is 0. The van der Waals surface area contributed by atoms with E-state index in [2.05, 4.69) is 13.8 Å². The van der Waals surface area contributed by atoms with Crippen molar-refractivity contribution in [3.63, 3.8) is 0 Å². The first-order valence-corrected chi connectivity index (χ1v) is 9.54. The van der Waals surface area contributed by atoms with E-state index in [-0.39, 0.29) is 0 Å². The van der Waals surface area contributed by atoms with Gasteiger partial charge >= 0.3 is 0 Å². The van der Waals surface area contributed by atoms with Gasteiger partial charge in [-0.15, -0.1) is 0 Å². The van der Waals surface area contributed by atoms with E-state index < -0.39 is 0 Å². The summed E-state index contributed by atoms with van der Waals surface area (Å²) in [5.74, 6) is 0. The second-order valence-corrected chi connectivity index (χ2v) is 6.38. The van der Waals surface area contributed by atoms with Gasteiger partial charge in [-0.1, -0.05) is 90.9 Å². The Morgan fingerprint density at radius 2 is 0.905 bits per heavy atom. The summed E-state index contributed by atoms with van der Waals surface area (Å²) in [5.41, 5.74) is 0. The van der Waals surface area contributed by atoms with Crippen molar-refractivity contribution in [3.05, 3.63) is 0 Å². The highest BCUT2D eigenvalue weighted by Crippen LogP contribution is 2.10. The molecule has 0 saturated heterocycles. The van der Waals surface area contributed by atoms with Crippen LogP contribution in [-0.2, 0) is 4.79 Å². The van der Waals surface area contributed by atoms with Gasteiger partial charge in [-0.05, 0) is 12.8 Å². The monoisotopic (exact) mass is 297 g/mol. The minimum atomic E-state index is 0.959. The third-order valence-electron chi connectivity index (χ3n) is 4.25. The molecule has 0 aromatic heterocycles. The largest absolute Gasteiger partial charge is 0.345 e. The lowest BCUT2D eigenvalue weighted by atomic mass is 10.1. The minimum Gasteiger partial charge on any atom is -0.345 e. The third-order valence-corrected chi connectivity index (χ3v) is 4.25. The van der Waals surface area contributed by atoms with Crippen LogP contribution in [0, 0.1) is 0 Å². The number of hydrogen-bond acceptors (Lipinski definition) is 1. The molecule has 21 heavy (non-hydrogen) atoms. The highest BCUT2D eigenvalue weighted by atomic mass is 16.1. The zero-order valence-corrected chi connectivity index (χ0v) is 14.7. The fourth-order valence-corrected chi connectivity index (χ4v) is 2.76. The van der Waals surface area contributed by atoms with Crippen molar-refractivity contribution in [1.82, 2.24) is 4.90 Å². The Morgan fingerprint density at radius 1 is 0.571 bits per heavy atom. The molecule has 126 valence electrons. The maximum atomic E-state index is 11.0. The second kappa shape index (κ2) is 17.5. The summed E-state index contributed by atoms with van der Waals surface area (Å²) in [4.78, 5) is 13.0. The van der Waals surface area contributed by atoms with Gasteiger partial charge in [0.1, 0.15) is 0 Å². The Hall–Kier alpha value is -0.530. The molecule has 0 fully saturated rings. The van der Waals surface area contributed by atoms with E-state index in [0.717, 1.165) is 19.5 Å². The van der Waals surface area contributed by atoms with Crippen molar-refractivity contribution in [2.75, 3.05) is 13.1 Å². The van der Waals surface area contributed by atoms with Gasteiger partial charge in [-0.25, -0.2) is 0 Å². The van der Waals surface area contributed by atoms with Gasteiger partial charge in [-0.2, -0.15) is 0 Å². The van der Waals surface area contributed by atoms with Gasteiger partial charge in [0, 0.05) is 13.1 Å². The molecule has 0 heterocycles. The molecule has 0 aliphatic rings. The van der Waals surface area contributed by atoms with Crippen LogP contribution in [0.25, 0.3) is 0 Å². The fraction of sp³-hybridized carbons (Fsp3) is 0.947. The van der Waals surface area contributed by atoms with E-state index in [1.54, 1.807) is 0 Å². The average molecular weight is 298 g/mol. The number of carbonyl (C=O) groups is 1. The van der Waals surface area contributed by atoms with E-state index in [1.165, 1.54) is 89.9 Å². The standard InChI is InChI=1S/C19H39NO/c1-3-5-7-9-10-11-12-13-14-16-18-20(19-21)17-15-8-6-4-2/h19H,3-18H2,1-2H3. The third kappa shape index (κ3) is 15.7. The molecule has 2 nitrogen and oxygen atoms in total. The molecule has 1 amide bonds. The van der Waals surface area contributed by atoms with Crippen LogP contribution in [0.15, 0.2) is 0 Å². The Balaban J connectivity index is 3.25. The van der Waals surface area contributed by atoms with E-state index in [9.17, 15) is 4.79 Å². The van der Waals surface area contributed by atoms with E-state index in [4.69, 9.17) is 0 Å². The predicted molar refractivity (Wildman–Crippen MR) is 93.6 cm³/mol. The number of carbonyl (C=O) groups excluding carboxylic acids is 1. The van der Waals surface area contributed by atoms with Crippen molar-refractivity contribution in [1.29, 1.82) is 0 Å². The number of unbranched alkanes of at least 4 members (excludes halogenated alkanes) is 12. The molecule has 0 atom stereocenters. The molecule has 0 rings (SSSR count). The van der Waals surface area contributed by atoms with Gasteiger partial charge in [0.15, 0.2) is 0 Å². The van der Waals surface area contributed by atoms with Gasteiger partial charge in [0.05, 0.1) is 0 Å². The molecule has 2 heteroatoms. The van der Waals surface area contributed by atoms with Crippen molar-refractivity contribution in [2.24, 2.45) is 0 Å². The summed E-state index contributed by atoms with van der Waals surface area (Å²) in [6.45, 7) is 6.42. The molecule has 0 aliphatic heterocycles. The lowest BCUT2D eigenvalue weighted by Crippen LogP contribution is -2.24. The highest BCUT2D eigenvalue weighted by molar-refractivity contribution is 5.46. The molecule has 0 aromatic carbocycles. The number of nitrogens with zero attached hydrogens (tertiary/aromatic N) is 1. The lowest BCUT2D eigenvalue weighted by Gasteiger charge is -2.16. The van der Waals surface area contributed by atoms with Crippen LogP contribution in [0.4, 0.5) is 0 Å². The SMILES string of the molecule is CCCCCCCCCCCCN(C=O)CCCCCC. The summed E-state index contributed by atoms with van der Waals surface area (Å²) in [6, 6.07) is 0. The van der Waals surface area contributed by atoms with Gasteiger partial charge < -0.3 is 4.90 Å². The highest BCUT2D eigenvalue weighted by Gasteiger charge is 2.01. The number of rotatable bonds is 17. The molecule has 0 unspecified atom stereocenters. The maximum Gasteiger partial charge on any atom is 0.209 e. The number of amides is 1. The van der Waals surface area contributed by atoms with Crippen LogP contribution < -0.4 is 0 Å². The van der Waals surface area contributed by atoms with Gasteiger partial charge in [0.2, 0.25) is 6.41 Å². The quantitative estimate of drug-likeness (QED) is 0.240. The molecular weight excluding hydrogens is 258 g/mol. The molecule has 0 radical (unpaired) electrons. The zero-order valence-electron chi connectivity index (χ0n) is 14.7. The predicted octanol–water partition coefficient (Wildman–Crippen LogP) is 5.95. The Morgan fingerprint density at radius 3 is 1.29 bits per heavy atom. The Kier molecular flexibility index (Phi) is 17.1. The molecule has 0 spiro atoms. The Bertz CT molecular complexity index is 206. The molecule has 0 aromatic rings. The first-order valence-electron chi connectivity index (χ1n) is 9.54. The van der Waals surface area contributed by atoms with Crippen LogP contribution in [0.3, 0.4) is 0 Å².